The first kappa shape index (κ1) is 11.5. The number of anilines is 3. The lowest BCUT2D eigenvalue weighted by Gasteiger charge is -2.25. The van der Waals surface area contributed by atoms with Gasteiger partial charge in [-0.3, -0.25) is 4.68 Å². The third-order valence-electron chi connectivity index (χ3n) is 3.00. The van der Waals surface area contributed by atoms with Crippen molar-refractivity contribution in [3.8, 4) is 0 Å². The van der Waals surface area contributed by atoms with Gasteiger partial charge in [0.25, 0.3) is 0 Å². The molecule has 1 aromatic carbocycles. The van der Waals surface area contributed by atoms with Gasteiger partial charge >= 0.3 is 0 Å². The first-order chi connectivity index (χ1) is 9.38. The first-order valence-corrected chi connectivity index (χ1v) is 6.16. The number of nitrogens with zero attached hydrogens (tertiary/aromatic N) is 3. The van der Waals surface area contributed by atoms with Gasteiger partial charge in [-0.05, 0) is 12.1 Å². The normalized spacial score (nSPS) is 12.9. The van der Waals surface area contributed by atoms with Crippen molar-refractivity contribution in [1.82, 2.24) is 9.78 Å². The monoisotopic (exact) mass is 254 g/mol. The first-order valence-electron chi connectivity index (χ1n) is 6.16. The fourth-order valence-electron chi connectivity index (χ4n) is 2.10. The van der Waals surface area contributed by atoms with Crippen LogP contribution in [0.2, 0.25) is 0 Å². The topological polar surface area (TPSA) is 50.2 Å². The number of aromatic nitrogens is 2. The molecule has 1 aromatic heterocycles. The zero-order chi connectivity index (χ0) is 13.1. The van der Waals surface area contributed by atoms with Gasteiger partial charge in [0.2, 0.25) is 0 Å². The molecule has 1 N–H and O–H groups in total. The number of benzene rings is 1. The van der Waals surface area contributed by atoms with Crippen LogP contribution in [0, 0.1) is 0 Å². The minimum Gasteiger partial charge on any atom is -0.359 e. The maximum Gasteiger partial charge on any atom is 0.121 e. The average molecular weight is 254 g/mol. The summed E-state index contributed by atoms with van der Waals surface area (Å²) in [6.07, 6.45) is 8.98. The zero-order valence-corrected chi connectivity index (χ0v) is 10.4. The van der Waals surface area contributed by atoms with Crippen LogP contribution in [0.5, 0.6) is 0 Å². The number of hydrogen-bond donors (Lipinski definition) is 1. The van der Waals surface area contributed by atoms with Gasteiger partial charge in [-0.25, -0.2) is 0 Å². The molecule has 2 heterocycles. The van der Waals surface area contributed by atoms with E-state index in [0.717, 1.165) is 23.3 Å². The van der Waals surface area contributed by atoms with Crippen LogP contribution in [0.15, 0.2) is 49.1 Å². The summed E-state index contributed by atoms with van der Waals surface area (Å²) in [4.78, 5) is 12.4. The Kier molecular flexibility index (Phi) is 3.02. The number of aldehydes is 1. The van der Waals surface area contributed by atoms with Gasteiger partial charge in [-0.2, -0.15) is 5.10 Å². The lowest BCUT2D eigenvalue weighted by Crippen LogP contribution is -2.14. The number of aryl methyl sites for hydroxylation is 1. The van der Waals surface area contributed by atoms with Gasteiger partial charge < -0.3 is 15.0 Å². The standard InChI is InChI=1S/C14H14N4O/c19-9-3-7-17-11-12(10-16-17)18-8-6-15-13-4-1-2-5-14(13)18/h1-2,4-6,8-11,15H,3,7H2. The Bertz CT molecular complexity index is 617. The van der Waals surface area contributed by atoms with E-state index in [4.69, 9.17) is 0 Å². The SMILES string of the molecule is O=CCCn1cc(N2C=CNc3ccccc32)cn1. The van der Waals surface area contributed by atoms with Crippen LogP contribution in [0.25, 0.3) is 0 Å². The van der Waals surface area contributed by atoms with Gasteiger partial charge in [-0.15, -0.1) is 0 Å². The summed E-state index contributed by atoms with van der Waals surface area (Å²) in [5.74, 6) is 0. The van der Waals surface area contributed by atoms with Crippen molar-refractivity contribution in [1.29, 1.82) is 0 Å². The molecule has 0 spiro atoms. The van der Waals surface area contributed by atoms with Crippen LogP contribution >= 0.6 is 0 Å². The molecule has 1 aliphatic heterocycles. The van der Waals surface area contributed by atoms with Crippen molar-refractivity contribution >= 4 is 23.3 Å². The molecule has 0 unspecified atom stereocenters. The van der Waals surface area contributed by atoms with E-state index in [-0.39, 0.29) is 0 Å². The molecule has 2 aromatic rings. The van der Waals surface area contributed by atoms with Crippen LogP contribution in [0.4, 0.5) is 17.1 Å². The molecule has 0 amide bonds. The molecule has 0 saturated heterocycles. The van der Waals surface area contributed by atoms with Crippen LogP contribution in [-0.4, -0.2) is 16.1 Å². The van der Waals surface area contributed by atoms with Crippen molar-refractivity contribution in [3.05, 3.63) is 49.1 Å². The van der Waals surface area contributed by atoms with E-state index < -0.39 is 0 Å². The number of fused-ring (bicyclic) bond motifs is 1. The maximum atomic E-state index is 10.4. The van der Waals surface area contributed by atoms with E-state index in [2.05, 4.69) is 21.4 Å². The Morgan fingerprint density at radius 2 is 2.21 bits per heavy atom. The zero-order valence-electron chi connectivity index (χ0n) is 10.4. The highest BCUT2D eigenvalue weighted by molar-refractivity contribution is 5.80. The number of rotatable bonds is 4. The van der Waals surface area contributed by atoms with Gasteiger partial charge in [0, 0.05) is 31.6 Å². The fourth-order valence-corrected chi connectivity index (χ4v) is 2.10. The molecular formula is C14H14N4O. The van der Waals surface area contributed by atoms with E-state index >= 15 is 0 Å². The molecule has 5 heteroatoms. The lowest BCUT2D eigenvalue weighted by molar-refractivity contribution is -0.108. The van der Waals surface area contributed by atoms with Crippen molar-refractivity contribution in [2.45, 2.75) is 13.0 Å². The third-order valence-corrected chi connectivity index (χ3v) is 3.00. The molecule has 0 aliphatic carbocycles. The predicted octanol–water partition coefficient (Wildman–Crippen LogP) is 2.51. The van der Waals surface area contributed by atoms with Crippen molar-refractivity contribution in [3.63, 3.8) is 0 Å². The summed E-state index contributed by atoms with van der Waals surface area (Å²) in [5, 5.41) is 7.47. The van der Waals surface area contributed by atoms with E-state index in [1.807, 2.05) is 36.8 Å². The number of carbonyl (C=O) groups excluding carboxylic acids is 1. The smallest absolute Gasteiger partial charge is 0.121 e. The fraction of sp³-hybridized carbons (Fsp3) is 0.143. The summed E-state index contributed by atoms with van der Waals surface area (Å²) >= 11 is 0. The van der Waals surface area contributed by atoms with Crippen LogP contribution < -0.4 is 10.2 Å². The van der Waals surface area contributed by atoms with E-state index in [1.165, 1.54) is 0 Å². The Labute approximate surface area is 111 Å². The number of para-hydroxylation sites is 2. The highest BCUT2D eigenvalue weighted by Crippen LogP contribution is 2.34. The highest BCUT2D eigenvalue weighted by Gasteiger charge is 2.15. The Hall–Kier alpha value is -2.56. The number of nitrogens with one attached hydrogen (secondary N) is 1. The minimum atomic E-state index is 0.481. The summed E-state index contributed by atoms with van der Waals surface area (Å²) in [6.45, 7) is 0.612. The second kappa shape index (κ2) is 4.97. The molecule has 1 aliphatic rings. The van der Waals surface area contributed by atoms with Gasteiger partial charge in [0.15, 0.2) is 0 Å². The average Bonchev–Trinajstić information content (AvgIpc) is 2.93. The van der Waals surface area contributed by atoms with Crippen molar-refractivity contribution in [2.75, 3.05) is 10.2 Å². The Morgan fingerprint density at radius 3 is 3.11 bits per heavy atom. The molecule has 0 saturated carbocycles. The molecular weight excluding hydrogens is 240 g/mol. The molecule has 3 rings (SSSR count). The molecule has 0 bridgehead atoms. The summed E-state index contributed by atoms with van der Waals surface area (Å²) < 4.78 is 1.78. The Balaban J connectivity index is 1.89. The predicted molar refractivity (Wildman–Crippen MR) is 74.3 cm³/mol. The summed E-state index contributed by atoms with van der Waals surface area (Å²) in [6, 6.07) is 8.08. The van der Waals surface area contributed by atoms with Crippen LogP contribution in [0.3, 0.4) is 0 Å². The van der Waals surface area contributed by atoms with Gasteiger partial charge in [0.1, 0.15) is 6.29 Å². The quantitative estimate of drug-likeness (QED) is 0.852. The number of hydrogen-bond acceptors (Lipinski definition) is 4. The van der Waals surface area contributed by atoms with Crippen molar-refractivity contribution < 1.29 is 4.79 Å². The second-order valence-electron chi connectivity index (χ2n) is 4.26. The molecule has 19 heavy (non-hydrogen) atoms. The van der Waals surface area contributed by atoms with Crippen molar-refractivity contribution in [2.24, 2.45) is 0 Å². The van der Waals surface area contributed by atoms with Gasteiger partial charge in [-0.1, -0.05) is 12.1 Å². The van der Waals surface area contributed by atoms with E-state index in [9.17, 15) is 4.79 Å². The summed E-state index contributed by atoms with van der Waals surface area (Å²) in [5.41, 5.74) is 3.13. The molecule has 0 fully saturated rings. The summed E-state index contributed by atoms with van der Waals surface area (Å²) in [7, 11) is 0. The maximum absolute atomic E-state index is 10.4. The molecule has 96 valence electrons. The third kappa shape index (κ3) is 2.22. The largest absolute Gasteiger partial charge is 0.359 e. The number of carbonyl (C=O) groups is 1. The molecule has 0 radical (unpaired) electrons. The molecule has 5 nitrogen and oxygen atoms in total. The van der Waals surface area contributed by atoms with E-state index in [1.54, 1.807) is 10.9 Å². The van der Waals surface area contributed by atoms with Gasteiger partial charge in [0.05, 0.1) is 23.3 Å². The highest BCUT2D eigenvalue weighted by atomic mass is 16.1. The second-order valence-corrected chi connectivity index (χ2v) is 4.26. The molecule has 0 atom stereocenters. The minimum absolute atomic E-state index is 0.481. The van der Waals surface area contributed by atoms with Crippen LogP contribution in [-0.2, 0) is 11.3 Å². The van der Waals surface area contributed by atoms with E-state index in [0.29, 0.717) is 13.0 Å². The lowest BCUT2D eigenvalue weighted by atomic mass is 10.2. The Morgan fingerprint density at radius 1 is 1.32 bits per heavy atom. The van der Waals surface area contributed by atoms with Crippen LogP contribution in [0.1, 0.15) is 6.42 Å².